The van der Waals surface area contributed by atoms with Crippen molar-refractivity contribution in [3.05, 3.63) is 48.0 Å². The summed E-state index contributed by atoms with van der Waals surface area (Å²) < 4.78 is 10.4. The monoisotopic (exact) mass is 300 g/mol. The zero-order valence-corrected chi connectivity index (χ0v) is 13.2. The van der Waals surface area contributed by atoms with Gasteiger partial charge in [0.05, 0.1) is 25.6 Å². The summed E-state index contributed by atoms with van der Waals surface area (Å²) in [5.41, 5.74) is 2.20. The first-order valence-corrected chi connectivity index (χ1v) is 6.86. The normalized spacial score (nSPS) is 10.0. The Balaban J connectivity index is 2.26. The second-order valence-corrected chi connectivity index (χ2v) is 4.94. The number of carbonyl (C=O) groups excluding carboxylic acids is 1. The standard InChI is InChI=1S/C17H20N2O3/c1-19(2)14-8-6-5-7-13(14)18-17(20)12-9-10-15(21-3)16(11-12)22-4/h5-11H,1-4H3,(H,18,20). The van der Waals surface area contributed by atoms with E-state index >= 15 is 0 Å². The van der Waals surface area contributed by atoms with Crippen LogP contribution in [0.25, 0.3) is 0 Å². The fourth-order valence-corrected chi connectivity index (χ4v) is 2.14. The number of rotatable bonds is 5. The van der Waals surface area contributed by atoms with E-state index < -0.39 is 0 Å². The van der Waals surface area contributed by atoms with Gasteiger partial charge in [0.25, 0.3) is 5.91 Å². The third kappa shape index (κ3) is 3.31. The molecule has 116 valence electrons. The molecule has 0 radical (unpaired) electrons. The number of nitrogens with one attached hydrogen (secondary N) is 1. The molecule has 5 heteroatoms. The number of ether oxygens (including phenoxy) is 2. The number of anilines is 2. The Morgan fingerprint density at radius 1 is 1.00 bits per heavy atom. The topological polar surface area (TPSA) is 50.8 Å². The third-order valence-corrected chi connectivity index (χ3v) is 3.28. The summed E-state index contributed by atoms with van der Waals surface area (Å²) in [6.07, 6.45) is 0. The second-order valence-electron chi connectivity index (χ2n) is 4.94. The summed E-state index contributed by atoms with van der Waals surface area (Å²) in [6, 6.07) is 12.7. The number of methoxy groups -OCH3 is 2. The lowest BCUT2D eigenvalue weighted by molar-refractivity contribution is 0.102. The first kappa shape index (κ1) is 15.7. The van der Waals surface area contributed by atoms with E-state index in [0.717, 1.165) is 11.4 Å². The van der Waals surface area contributed by atoms with Crippen molar-refractivity contribution in [2.45, 2.75) is 0 Å². The first-order valence-electron chi connectivity index (χ1n) is 6.86. The summed E-state index contributed by atoms with van der Waals surface area (Å²) in [5.74, 6) is 0.916. The van der Waals surface area contributed by atoms with Crippen molar-refractivity contribution in [2.24, 2.45) is 0 Å². The Bertz CT molecular complexity index is 669. The molecule has 5 nitrogen and oxygen atoms in total. The number of benzene rings is 2. The number of hydrogen-bond donors (Lipinski definition) is 1. The van der Waals surface area contributed by atoms with Crippen LogP contribution in [0.15, 0.2) is 42.5 Å². The molecule has 0 fully saturated rings. The van der Waals surface area contributed by atoms with Gasteiger partial charge >= 0.3 is 0 Å². The van der Waals surface area contributed by atoms with E-state index in [1.165, 1.54) is 0 Å². The minimum Gasteiger partial charge on any atom is -0.493 e. The quantitative estimate of drug-likeness (QED) is 0.922. The molecule has 0 spiro atoms. The highest BCUT2D eigenvalue weighted by atomic mass is 16.5. The van der Waals surface area contributed by atoms with E-state index in [4.69, 9.17) is 9.47 Å². The second kappa shape index (κ2) is 6.85. The molecule has 22 heavy (non-hydrogen) atoms. The molecule has 0 aromatic heterocycles. The zero-order chi connectivity index (χ0) is 16.1. The van der Waals surface area contributed by atoms with Gasteiger partial charge in [0.15, 0.2) is 11.5 Å². The van der Waals surface area contributed by atoms with Crippen molar-refractivity contribution < 1.29 is 14.3 Å². The highest BCUT2D eigenvalue weighted by molar-refractivity contribution is 6.06. The van der Waals surface area contributed by atoms with E-state index in [1.54, 1.807) is 32.4 Å². The zero-order valence-electron chi connectivity index (χ0n) is 13.2. The van der Waals surface area contributed by atoms with Crippen molar-refractivity contribution in [1.82, 2.24) is 0 Å². The van der Waals surface area contributed by atoms with Gasteiger partial charge in [0.2, 0.25) is 0 Å². The minimum absolute atomic E-state index is 0.199. The average Bonchev–Trinajstić information content (AvgIpc) is 2.54. The Labute approximate surface area is 130 Å². The molecule has 0 saturated heterocycles. The Morgan fingerprint density at radius 3 is 2.32 bits per heavy atom. The molecule has 1 N–H and O–H groups in total. The molecule has 0 aliphatic carbocycles. The Morgan fingerprint density at radius 2 is 1.68 bits per heavy atom. The smallest absolute Gasteiger partial charge is 0.255 e. The minimum atomic E-state index is -0.199. The predicted molar refractivity (Wildman–Crippen MR) is 88.3 cm³/mol. The van der Waals surface area contributed by atoms with E-state index in [0.29, 0.717) is 17.1 Å². The van der Waals surface area contributed by atoms with Gasteiger partial charge in [-0.2, -0.15) is 0 Å². The van der Waals surface area contributed by atoms with Crippen LogP contribution >= 0.6 is 0 Å². The van der Waals surface area contributed by atoms with Crippen molar-refractivity contribution in [2.75, 3.05) is 38.5 Å². The fraction of sp³-hybridized carbons (Fsp3) is 0.235. The van der Waals surface area contributed by atoms with Gasteiger partial charge in [-0.05, 0) is 30.3 Å². The van der Waals surface area contributed by atoms with Gasteiger partial charge in [-0.25, -0.2) is 0 Å². The molecule has 1 amide bonds. The van der Waals surface area contributed by atoms with Gasteiger partial charge in [0.1, 0.15) is 0 Å². The molecule has 0 saturated carbocycles. The van der Waals surface area contributed by atoms with Gasteiger partial charge in [0, 0.05) is 19.7 Å². The number of amides is 1. The van der Waals surface area contributed by atoms with Crippen LogP contribution in [0.2, 0.25) is 0 Å². The molecule has 0 aliphatic heterocycles. The molecule has 0 atom stereocenters. The van der Waals surface area contributed by atoms with Crippen molar-refractivity contribution >= 4 is 17.3 Å². The largest absolute Gasteiger partial charge is 0.493 e. The first-order chi connectivity index (χ1) is 10.6. The lowest BCUT2D eigenvalue weighted by atomic mass is 10.1. The molecular weight excluding hydrogens is 280 g/mol. The van der Waals surface area contributed by atoms with Crippen LogP contribution in [0.3, 0.4) is 0 Å². The van der Waals surface area contributed by atoms with Crippen LogP contribution in [-0.4, -0.2) is 34.2 Å². The van der Waals surface area contributed by atoms with E-state index in [2.05, 4.69) is 5.32 Å². The van der Waals surface area contributed by atoms with Crippen LogP contribution in [0.4, 0.5) is 11.4 Å². The van der Waals surface area contributed by atoms with Crippen molar-refractivity contribution in [3.63, 3.8) is 0 Å². The fourth-order valence-electron chi connectivity index (χ4n) is 2.14. The summed E-state index contributed by atoms with van der Waals surface area (Å²) in [4.78, 5) is 14.4. The van der Waals surface area contributed by atoms with E-state index in [9.17, 15) is 4.79 Å². The molecular formula is C17H20N2O3. The van der Waals surface area contributed by atoms with Crippen molar-refractivity contribution in [3.8, 4) is 11.5 Å². The summed E-state index contributed by atoms with van der Waals surface area (Å²) in [7, 11) is 6.97. The summed E-state index contributed by atoms with van der Waals surface area (Å²) in [5, 5.41) is 2.92. The molecule has 2 aromatic rings. The lowest BCUT2D eigenvalue weighted by Gasteiger charge is -2.18. The van der Waals surface area contributed by atoms with Crippen LogP contribution in [0, 0.1) is 0 Å². The van der Waals surface area contributed by atoms with Crippen LogP contribution in [0.5, 0.6) is 11.5 Å². The van der Waals surface area contributed by atoms with Crippen LogP contribution in [0.1, 0.15) is 10.4 Å². The number of para-hydroxylation sites is 2. The molecule has 2 rings (SSSR count). The molecule has 0 heterocycles. The molecule has 0 aliphatic rings. The number of carbonyl (C=O) groups is 1. The van der Waals surface area contributed by atoms with E-state index in [1.807, 2.05) is 43.3 Å². The summed E-state index contributed by atoms with van der Waals surface area (Å²) >= 11 is 0. The van der Waals surface area contributed by atoms with Crippen LogP contribution < -0.4 is 19.7 Å². The number of nitrogens with zero attached hydrogens (tertiary/aromatic N) is 1. The highest BCUT2D eigenvalue weighted by Crippen LogP contribution is 2.29. The Hall–Kier alpha value is -2.69. The average molecular weight is 300 g/mol. The molecule has 0 bridgehead atoms. The summed E-state index contributed by atoms with van der Waals surface area (Å²) in [6.45, 7) is 0. The maximum absolute atomic E-state index is 12.4. The lowest BCUT2D eigenvalue weighted by Crippen LogP contribution is -2.16. The predicted octanol–water partition coefficient (Wildman–Crippen LogP) is 3.02. The molecule has 2 aromatic carbocycles. The SMILES string of the molecule is COc1ccc(C(=O)Nc2ccccc2N(C)C)cc1OC. The van der Waals surface area contributed by atoms with Gasteiger partial charge in [-0.3, -0.25) is 4.79 Å². The highest BCUT2D eigenvalue weighted by Gasteiger charge is 2.13. The molecule has 0 unspecified atom stereocenters. The maximum Gasteiger partial charge on any atom is 0.255 e. The Kier molecular flexibility index (Phi) is 4.88. The van der Waals surface area contributed by atoms with Gasteiger partial charge in [-0.1, -0.05) is 12.1 Å². The number of hydrogen-bond acceptors (Lipinski definition) is 4. The van der Waals surface area contributed by atoms with E-state index in [-0.39, 0.29) is 5.91 Å². The van der Waals surface area contributed by atoms with Crippen LogP contribution in [-0.2, 0) is 0 Å². The third-order valence-electron chi connectivity index (χ3n) is 3.28. The van der Waals surface area contributed by atoms with Gasteiger partial charge < -0.3 is 19.7 Å². The van der Waals surface area contributed by atoms with Gasteiger partial charge in [-0.15, -0.1) is 0 Å². The van der Waals surface area contributed by atoms with Crippen molar-refractivity contribution in [1.29, 1.82) is 0 Å². The maximum atomic E-state index is 12.4.